The molecule has 0 aromatic carbocycles. The first kappa shape index (κ1) is 43.9. The summed E-state index contributed by atoms with van der Waals surface area (Å²) in [5.74, 6) is -1.81. The van der Waals surface area contributed by atoms with E-state index in [1.165, 1.54) is 38.5 Å². The number of nitrogens with two attached hydrogens (primary N) is 1. The first-order valence-corrected chi connectivity index (χ1v) is 18.7. The molecule has 10 nitrogen and oxygen atoms in total. The van der Waals surface area contributed by atoms with Gasteiger partial charge in [0.1, 0.15) is 12.1 Å². The van der Waals surface area contributed by atoms with Gasteiger partial charge in [0.05, 0.1) is 19.8 Å². The molecule has 0 heterocycles. The zero-order valence-electron chi connectivity index (χ0n) is 28.4. The normalized spacial score (nSPS) is 14.9. The number of carbonyl (C=O) groups is 2. The van der Waals surface area contributed by atoms with Crippen molar-refractivity contribution < 1.29 is 42.7 Å². The Hall–Kier alpha value is -2.07. The molecule has 0 aromatic rings. The van der Waals surface area contributed by atoms with Gasteiger partial charge < -0.3 is 25.2 Å². The van der Waals surface area contributed by atoms with Crippen LogP contribution >= 0.6 is 7.82 Å². The van der Waals surface area contributed by atoms with E-state index in [0.717, 1.165) is 57.8 Å². The summed E-state index contributed by atoms with van der Waals surface area (Å²) in [6.07, 6.45) is 33.3. The molecule has 0 aliphatic rings. The predicted octanol–water partition coefficient (Wildman–Crippen LogP) is 8.36. The maximum Gasteiger partial charge on any atom is 0.472 e. The first-order valence-electron chi connectivity index (χ1n) is 17.2. The van der Waals surface area contributed by atoms with Crippen molar-refractivity contribution in [3.8, 4) is 0 Å². The summed E-state index contributed by atoms with van der Waals surface area (Å²) in [5.41, 5.74) is 5.31. The van der Waals surface area contributed by atoms with Gasteiger partial charge in [0.15, 0.2) is 0 Å². The Labute approximate surface area is 278 Å². The van der Waals surface area contributed by atoms with Gasteiger partial charge in [-0.05, 0) is 44.9 Å². The third-order valence-electron chi connectivity index (χ3n) is 6.87. The molecule has 0 amide bonds. The molecular formula is C35H62NO9P. The van der Waals surface area contributed by atoms with E-state index in [2.05, 4.69) is 67.0 Å². The first-order chi connectivity index (χ1) is 22.2. The molecule has 4 N–H and O–H groups in total. The van der Waals surface area contributed by atoms with Gasteiger partial charge in [-0.25, -0.2) is 4.57 Å². The topological polar surface area (TPSA) is 155 Å². The lowest BCUT2D eigenvalue weighted by atomic mass is 10.1. The second-order valence-electron chi connectivity index (χ2n) is 11.3. The SMILES string of the molecule is CC/C=C\C/C=C\C/C=C\C/C=C\CCCOCC(COP(=O)(O)OCC(N)C(=O)O)OC(=O)CCCCCCCCCCCC. The van der Waals surface area contributed by atoms with Gasteiger partial charge in [-0.3, -0.25) is 18.6 Å². The second kappa shape index (κ2) is 31.5. The average molecular weight is 672 g/mol. The third kappa shape index (κ3) is 30.6. The van der Waals surface area contributed by atoms with Gasteiger partial charge >= 0.3 is 19.8 Å². The second-order valence-corrected chi connectivity index (χ2v) is 12.7. The highest BCUT2D eigenvalue weighted by molar-refractivity contribution is 7.47. The van der Waals surface area contributed by atoms with Gasteiger partial charge in [0, 0.05) is 13.0 Å². The maximum absolute atomic E-state index is 12.5. The monoisotopic (exact) mass is 671 g/mol. The van der Waals surface area contributed by atoms with Gasteiger partial charge in [0.25, 0.3) is 0 Å². The van der Waals surface area contributed by atoms with Crippen molar-refractivity contribution in [3.05, 3.63) is 48.6 Å². The zero-order valence-corrected chi connectivity index (χ0v) is 29.3. The minimum atomic E-state index is -4.62. The zero-order chi connectivity index (χ0) is 34.1. The van der Waals surface area contributed by atoms with Crippen LogP contribution in [0.4, 0.5) is 0 Å². The Morgan fingerprint density at radius 3 is 1.80 bits per heavy atom. The molecule has 0 saturated heterocycles. The third-order valence-corrected chi connectivity index (χ3v) is 7.82. The van der Waals surface area contributed by atoms with Crippen molar-refractivity contribution in [2.24, 2.45) is 5.73 Å². The Kier molecular flexibility index (Phi) is 30.1. The number of ether oxygens (including phenoxy) is 2. The molecular weight excluding hydrogens is 609 g/mol. The summed E-state index contributed by atoms with van der Waals surface area (Å²) in [6, 6.07) is -1.48. The number of carbonyl (C=O) groups excluding carboxylic acids is 1. The Morgan fingerprint density at radius 2 is 1.24 bits per heavy atom. The lowest BCUT2D eigenvalue weighted by Crippen LogP contribution is -2.34. The number of unbranched alkanes of at least 4 members (excludes halogenated alkanes) is 10. The molecule has 0 spiro atoms. The number of aliphatic carboxylic acids is 1. The van der Waals surface area contributed by atoms with Gasteiger partial charge in [-0.15, -0.1) is 0 Å². The molecule has 0 aliphatic heterocycles. The standard InChI is InChI=1S/C35H62NO9P/c1-3-5-7-9-11-13-15-16-17-18-20-22-24-26-28-42-29-32(30-43-46(40,41)44-31-33(36)35(38)39)45-34(37)27-25-23-21-19-14-12-10-8-6-4-2/h5,7,11,13,16-17,20,22,32-33H,3-4,6,8-10,12,14-15,18-19,21,23-31,36H2,1-2H3,(H,38,39)(H,40,41)/b7-5-,13-11-,17-16-,22-20-. The summed E-state index contributed by atoms with van der Waals surface area (Å²) in [7, 11) is -4.62. The van der Waals surface area contributed by atoms with Crippen LogP contribution in [0.1, 0.15) is 123 Å². The number of allylic oxidation sites excluding steroid dienone is 8. The van der Waals surface area contributed by atoms with Crippen LogP contribution in [0, 0.1) is 0 Å². The van der Waals surface area contributed by atoms with Gasteiger partial charge in [0.2, 0.25) is 0 Å². The summed E-state index contributed by atoms with van der Waals surface area (Å²) in [5, 5.41) is 8.83. The van der Waals surface area contributed by atoms with Crippen LogP contribution in [-0.2, 0) is 32.7 Å². The van der Waals surface area contributed by atoms with Gasteiger partial charge in [-0.2, -0.15) is 0 Å². The van der Waals surface area contributed by atoms with Crippen LogP contribution in [0.15, 0.2) is 48.6 Å². The molecule has 266 valence electrons. The molecule has 0 fully saturated rings. The molecule has 0 rings (SSSR count). The molecule has 0 bridgehead atoms. The minimum Gasteiger partial charge on any atom is -0.480 e. The molecule has 0 aromatic heterocycles. The highest BCUT2D eigenvalue weighted by Crippen LogP contribution is 2.43. The van der Waals surface area contributed by atoms with Crippen molar-refractivity contribution in [1.82, 2.24) is 0 Å². The molecule has 11 heteroatoms. The number of esters is 1. The number of phosphoric acid groups is 1. The number of carboxylic acid groups (broad SMARTS) is 1. The van der Waals surface area contributed by atoms with Crippen LogP contribution < -0.4 is 5.73 Å². The lowest BCUT2D eigenvalue weighted by molar-refractivity contribution is -0.154. The smallest absolute Gasteiger partial charge is 0.472 e. The average Bonchev–Trinajstić information content (AvgIpc) is 3.03. The number of rotatable bonds is 32. The minimum absolute atomic E-state index is 0.0212. The van der Waals surface area contributed by atoms with E-state index in [1.54, 1.807) is 0 Å². The van der Waals surface area contributed by atoms with Crippen molar-refractivity contribution in [2.45, 2.75) is 135 Å². The fraction of sp³-hybridized carbons (Fsp3) is 0.714. The van der Waals surface area contributed by atoms with E-state index in [4.69, 9.17) is 24.8 Å². The highest BCUT2D eigenvalue weighted by atomic mass is 31.2. The summed E-state index contributed by atoms with van der Waals surface area (Å²) < 4.78 is 33.0. The molecule has 0 radical (unpaired) electrons. The van der Waals surface area contributed by atoms with Crippen LogP contribution in [0.2, 0.25) is 0 Å². The molecule has 3 unspecified atom stereocenters. The summed E-state index contributed by atoms with van der Waals surface area (Å²) >= 11 is 0. The Bertz CT molecular complexity index is 920. The molecule has 46 heavy (non-hydrogen) atoms. The van der Waals surface area contributed by atoms with E-state index in [9.17, 15) is 19.0 Å². The molecule has 3 atom stereocenters. The van der Waals surface area contributed by atoms with Crippen LogP contribution in [0.5, 0.6) is 0 Å². The number of hydrogen-bond donors (Lipinski definition) is 3. The van der Waals surface area contributed by atoms with Crippen LogP contribution in [-0.4, -0.2) is 60.5 Å². The highest BCUT2D eigenvalue weighted by Gasteiger charge is 2.27. The Balaban J connectivity index is 4.46. The fourth-order valence-electron chi connectivity index (χ4n) is 4.19. The Morgan fingerprint density at radius 1 is 0.717 bits per heavy atom. The van der Waals surface area contributed by atoms with E-state index >= 15 is 0 Å². The lowest BCUT2D eigenvalue weighted by Gasteiger charge is -2.20. The number of phosphoric ester groups is 1. The number of hydrogen-bond acceptors (Lipinski definition) is 8. The van der Waals surface area contributed by atoms with Crippen molar-refractivity contribution >= 4 is 19.8 Å². The predicted molar refractivity (Wildman–Crippen MR) is 184 cm³/mol. The maximum atomic E-state index is 12.5. The molecule has 0 aliphatic carbocycles. The van der Waals surface area contributed by atoms with Crippen molar-refractivity contribution in [1.29, 1.82) is 0 Å². The van der Waals surface area contributed by atoms with E-state index < -0.39 is 45.1 Å². The van der Waals surface area contributed by atoms with Gasteiger partial charge in [-0.1, -0.05) is 120 Å². The van der Waals surface area contributed by atoms with Crippen LogP contribution in [0.25, 0.3) is 0 Å². The van der Waals surface area contributed by atoms with E-state index in [1.807, 2.05) is 0 Å². The largest absolute Gasteiger partial charge is 0.480 e. The van der Waals surface area contributed by atoms with Crippen molar-refractivity contribution in [3.63, 3.8) is 0 Å². The van der Waals surface area contributed by atoms with Crippen molar-refractivity contribution in [2.75, 3.05) is 26.4 Å². The summed E-state index contributed by atoms with van der Waals surface area (Å²) in [4.78, 5) is 33.2. The van der Waals surface area contributed by atoms with Crippen LogP contribution in [0.3, 0.4) is 0 Å². The number of carboxylic acids is 1. The quantitative estimate of drug-likeness (QED) is 0.0275. The summed E-state index contributed by atoms with van der Waals surface area (Å²) in [6.45, 7) is 3.57. The fourth-order valence-corrected chi connectivity index (χ4v) is 4.97. The molecule has 0 saturated carbocycles. The van der Waals surface area contributed by atoms with E-state index in [-0.39, 0.29) is 13.0 Å². The van der Waals surface area contributed by atoms with E-state index in [0.29, 0.717) is 13.0 Å².